The Morgan fingerprint density at radius 2 is 1.71 bits per heavy atom. The van der Waals surface area contributed by atoms with Gasteiger partial charge in [0.25, 0.3) is 11.8 Å². The fourth-order valence-corrected chi connectivity index (χ4v) is 3.29. The lowest BCUT2D eigenvalue weighted by Crippen LogP contribution is -2.54. The molecule has 0 atom stereocenters. The van der Waals surface area contributed by atoms with E-state index in [4.69, 9.17) is 12.2 Å². The number of anilines is 1. The third-order valence-corrected chi connectivity index (χ3v) is 4.75. The zero-order valence-corrected chi connectivity index (χ0v) is 16.4. The van der Waals surface area contributed by atoms with Crippen LogP contribution in [-0.2, 0) is 15.8 Å². The molecule has 6 nitrogen and oxygen atoms in total. The average Bonchev–Trinajstić information content (AvgIpc) is 3.20. The predicted octanol–water partition coefficient (Wildman–Crippen LogP) is 3.72. The van der Waals surface area contributed by atoms with Crippen molar-refractivity contribution in [2.24, 2.45) is 0 Å². The molecule has 156 valence electrons. The summed E-state index contributed by atoms with van der Waals surface area (Å²) >= 11 is 5.03. The van der Waals surface area contributed by atoms with E-state index >= 15 is 0 Å². The van der Waals surface area contributed by atoms with Crippen molar-refractivity contribution in [3.05, 3.63) is 83.7 Å². The van der Waals surface area contributed by atoms with Crippen LogP contribution in [0.25, 0.3) is 11.8 Å². The molecule has 1 aromatic heterocycles. The summed E-state index contributed by atoms with van der Waals surface area (Å²) in [6.45, 7) is 0. The van der Waals surface area contributed by atoms with Crippen LogP contribution in [0.5, 0.6) is 0 Å². The summed E-state index contributed by atoms with van der Waals surface area (Å²) in [5.74, 6) is -1.58. The Bertz CT molecular complexity index is 1220. The van der Waals surface area contributed by atoms with Crippen LogP contribution >= 0.6 is 12.2 Å². The highest BCUT2D eigenvalue weighted by Crippen LogP contribution is 2.32. The van der Waals surface area contributed by atoms with E-state index in [9.17, 15) is 22.8 Å². The highest BCUT2D eigenvalue weighted by Gasteiger charge is 2.36. The Labute approximate surface area is 179 Å². The van der Waals surface area contributed by atoms with Crippen molar-refractivity contribution >= 4 is 40.9 Å². The number of amides is 2. The van der Waals surface area contributed by atoms with Crippen LogP contribution in [0, 0.1) is 0 Å². The van der Waals surface area contributed by atoms with Crippen LogP contribution in [0.1, 0.15) is 11.1 Å². The number of para-hydroxylation sites is 1. The zero-order chi connectivity index (χ0) is 22.2. The smallest absolute Gasteiger partial charge is 0.298 e. The number of rotatable bonds is 3. The highest BCUT2D eigenvalue weighted by atomic mass is 32.1. The molecule has 1 aliphatic heterocycles. The van der Waals surface area contributed by atoms with Gasteiger partial charge in [0.15, 0.2) is 5.11 Å². The molecule has 31 heavy (non-hydrogen) atoms. The maximum atomic E-state index is 13.1. The molecule has 0 bridgehead atoms. The van der Waals surface area contributed by atoms with Crippen LogP contribution in [0.3, 0.4) is 0 Å². The van der Waals surface area contributed by atoms with E-state index in [0.29, 0.717) is 5.56 Å². The minimum absolute atomic E-state index is 0.101. The molecule has 1 N–H and O–H groups in total. The lowest BCUT2D eigenvalue weighted by molar-refractivity contribution is -0.137. The molecule has 1 saturated heterocycles. The van der Waals surface area contributed by atoms with Crippen molar-refractivity contribution in [2.45, 2.75) is 6.18 Å². The Balaban J connectivity index is 1.68. The van der Waals surface area contributed by atoms with Crippen LogP contribution in [0.15, 0.2) is 72.6 Å². The average molecular weight is 442 g/mol. The number of benzene rings is 2. The van der Waals surface area contributed by atoms with E-state index in [1.807, 2.05) is 30.3 Å². The molecule has 2 aromatic carbocycles. The number of hydrogen-bond donors (Lipinski definition) is 1. The predicted molar refractivity (Wildman–Crippen MR) is 111 cm³/mol. The van der Waals surface area contributed by atoms with Crippen molar-refractivity contribution < 1.29 is 22.8 Å². The number of carbonyl (C=O) groups excluding carboxylic acids is 2. The summed E-state index contributed by atoms with van der Waals surface area (Å²) in [7, 11) is 0. The molecule has 0 aliphatic carbocycles. The summed E-state index contributed by atoms with van der Waals surface area (Å²) in [6.07, 6.45) is -0.205. The van der Waals surface area contributed by atoms with Crippen molar-refractivity contribution in [2.75, 3.05) is 4.90 Å². The lowest BCUT2D eigenvalue weighted by Gasteiger charge is -2.29. The standard InChI is InChI=1S/C21H13F3N4O2S/c22-21(23,24)14-5-4-8-16(10-14)28-19(30)17(18(29)26-20(28)31)9-13-11-25-27(12-13)15-6-2-1-3-7-15/h1-12H,(H,26,29,31). The minimum Gasteiger partial charge on any atom is -0.298 e. The Morgan fingerprint density at radius 1 is 1.00 bits per heavy atom. The highest BCUT2D eigenvalue weighted by molar-refractivity contribution is 7.80. The molecular weight excluding hydrogens is 429 g/mol. The van der Waals surface area contributed by atoms with Crippen molar-refractivity contribution in [3.8, 4) is 5.69 Å². The summed E-state index contributed by atoms with van der Waals surface area (Å²) < 4.78 is 40.8. The SMILES string of the molecule is O=C1NC(=S)N(c2cccc(C(F)(F)F)c2)C(=O)C1=Cc1cnn(-c2ccccc2)c1. The van der Waals surface area contributed by atoms with Gasteiger partial charge >= 0.3 is 6.18 Å². The van der Waals surface area contributed by atoms with E-state index in [0.717, 1.165) is 28.8 Å². The Hall–Kier alpha value is -3.79. The third kappa shape index (κ3) is 4.10. The molecule has 0 saturated carbocycles. The van der Waals surface area contributed by atoms with Gasteiger partial charge in [-0.05, 0) is 48.6 Å². The molecule has 2 amide bonds. The fraction of sp³-hybridized carbons (Fsp3) is 0.0476. The first-order valence-corrected chi connectivity index (χ1v) is 9.34. The molecule has 0 unspecified atom stereocenters. The normalized spacial score (nSPS) is 16.0. The quantitative estimate of drug-likeness (QED) is 0.382. The summed E-state index contributed by atoms with van der Waals surface area (Å²) in [6, 6.07) is 13.3. The van der Waals surface area contributed by atoms with E-state index in [-0.39, 0.29) is 16.4 Å². The van der Waals surface area contributed by atoms with Crippen LogP contribution in [0.2, 0.25) is 0 Å². The molecule has 1 fully saturated rings. The van der Waals surface area contributed by atoms with Gasteiger partial charge in [0.1, 0.15) is 5.57 Å². The maximum absolute atomic E-state index is 13.1. The zero-order valence-electron chi connectivity index (χ0n) is 15.6. The number of halogens is 3. The van der Waals surface area contributed by atoms with Gasteiger partial charge in [-0.15, -0.1) is 0 Å². The molecular formula is C21H13F3N4O2S. The number of nitrogens with one attached hydrogen (secondary N) is 1. The Kier molecular flexibility index (Phi) is 5.15. The van der Waals surface area contributed by atoms with Crippen molar-refractivity contribution in [3.63, 3.8) is 0 Å². The number of alkyl halides is 3. The second-order valence-corrected chi connectivity index (χ2v) is 6.95. The van der Waals surface area contributed by atoms with Gasteiger partial charge < -0.3 is 0 Å². The number of carbonyl (C=O) groups is 2. The number of thiocarbonyl (C=S) groups is 1. The largest absolute Gasteiger partial charge is 0.416 e. The van der Waals surface area contributed by atoms with Crippen LogP contribution in [-0.4, -0.2) is 26.7 Å². The summed E-state index contributed by atoms with van der Waals surface area (Å²) in [5, 5.41) is 6.24. The second-order valence-electron chi connectivity index (χ2n) is 6.56. The molecule has 1 aliphatic rings. The number of hydrogen-bond acceptors (Lipinski definition) is 4. The summed E-state index contributed by atoms with van der Waals surface area (Å²) in [4.78, 5) is 26.2. The molecule has 4 rings (SSSR count). The lowest BCUT2D eigenvalue weighted by atomic mass is 10.1. The van der Waals surface area contributed by atoms with E-state index in [2.05, 4.69) is 10.4 Å². The van der Waals surface area contributed by atoms with E-state index < -0.39 is 23.6 Å². The van der Waals surface area contributed by atoms with Gasteiger partial charge in [-0.3, -0.25) is 19.8 Å². The molecule has 2 heterocycles. The third-order valence-electron chi connectivity index (χ3n) is 4.47. The monoisotopic (exact) mass is 442 g/mol. The first-order valence-electron chi connectivity index (χ1n) is 8.93. The number of aromatic nitrogens is 2. The van der Waals surface area contributed by atoms with Crippen LogP contribution in [0.4, 0.5) is 18.9 Å². The van der Waals surface area contributed by atoms with Gasteiger partial charge in [0.05, 0.1) is 23.1 Å². The van der Waals surface area contributed by atoms with E-state index in [1.165, 1.54) is 18.3 Å². The van der Waals surface area contributed by atoms with E-state index in [1.54, 1.807) is 10.9 Å². The molecule has 0 radical (unpaired) electrons. The van der Waals surface area contributed by atoms with Gasteiger partial charge in [-0.1, -0.05) is 24.3 Å². The molecule has 10 heteroatoms. The first-order chi connectivity index (χ1) is 14.7. The second kappa shape index (κ2) is 7.80. The number of nitrogens with zero attached hydrogens (tertiary/aromatic N) is 3. The van der Waals surface area contributed by atoms with Gasteiger partial charge in [0.2, 0.25) is 0 Å². The molecule has 0 spiro atoms. The van der Waals surface area contributed by atoms with Crippen molar-refractivity contribution in [1.29, 1.82) is 0 Å². The fourth-order valence-electron chi connectivity index (χ4n) is 3.01. The van der Waals surface area contributed by atoms with Crippen LogP contribution < -0.4 is 10.2 Å². The van der Waals surface area contributed by atoms with Gasteiger partial charge in [0, 0.05) is 11.8 Å². The maximum Gasteiger partial charge on any atom is 0.416 e. The topological polar surface area (TPSA) is 67.2 Å². The Morgan fingerprint density at radius 3 is 2.42 bits per heavy atom. The van der Waals surface area contributed by atoms with Gasteiger partial charge in [-0.25, -0.2) is 4.68 Å². The summed E-state index contributed by atoms with van der Waals surface area (Å²) in [5.41, 5.74) is -0.0843. The molecule has 3 aromatic rings. The minimum atomic E-state index is -4.59. The first kappa shape index (κ1) is 20.5. The van der Waals surface area contributed by atoms with Crippen molar-refractivity contribution in [1.82, 2.24) is 15.1 Å². The van der Waals surface area contributed by atoms with Gasteiger partial charge in [-0.2, -0.15) is 18.3 Å².